The number of hydrogen-bond acceptors (Lipinski definition) is 3. The lowest BCUT2D eigenvalue weighted by Crippen LogP contribution is -2.23. The molecule has 1 atom stereocenters. The van der Waals surface area contributed by atoms with Crippen molar-refractivity contribution < 1.29 is 9.90 Å². The molecule has 116 valence electrons. The van der Waals surface area contributed by atoms with Gasteiger partial charge in [0, 0.05) is 13.0 Å². The third-order valence-corrected chi connectivity index (χ3v) is 4.11. The monoisotopic (exact) mass is 305 g/mol. The zero-order chi connectivity index (χ0) is 16.2. The van der Waals surface area contributed by atoms with Gasteiger partial charge in [0.05, 0.1) is 5.92 Å². The Morgan fingerprint density at radius 2 is 1.65 bits per heavy atom. The van der Waals surface area contributed by atoms with Gasteiger partial charge in [-0.25, -0.2) is 0 Å². The molecule has 0 aliphatic carbocycles. The van der Waals surface area contributed by atoms with Crippen molar-refractivity contribution in [3.63, 3.8) is 0 Å². The summed E-state index contributed by atoms with van der Waals surface area (Å²) in [4.78, 5) is 12.6. The average Bonchev–Trinajstić information content (AvgIpc) is 2.57. The number of Topliss-reactive ketones (excluding diaryl/α,β-unsaturated/α-hetero) is 1. The van der Waals surface area contributed by atoms with Crippen LogP contribution in [0.5, 0.6) is 5.75 Å². The molecule has 0 aromatic heterocycles. The SMILES string of the molecule is NCC(C(=O)Cc1ccc2ccccc2c1)c1ccc(O)cc1. The first-order valence-corrected chi connectivity index (χ1v) is 7.67. The third-order valence-electron chi connectivity index (χ3n) is 4.11. The number of aromatic hydroxyl groups is 1. The van der Waals surface area contributed by atoms with Crippen molar-refractivity contribution in [2.45, 2.75) is 12.3 Å². The lowest BCUT2D eigenvalue weighted by molar-refractivity contribution is -0.119. The molecule has 0 heterocycles. The summed E-state index contributed by atoms with van der Waals surface area (Å²) < 4.78 is 0. The minimum atomic E-state index is -0.345. The molecule has 3 aromatic carbocycles. The molecular formula is C20H19NO2. The number of carbonyl (C=O) groups is 1. The molecule has 3 heteroatoms. The highest BCUT2D eigenvalue weighted by atomic mass is 16.3. The number of nitrogens with two attached hydrogens (primary N) is 1. The lowest BCUT2D eigenvalue weighted by atomic mass is 9.90. The van der Waals surface area contributed by atoms with E-state index >= 15 is 0 Å². The fourth-order valence-electron chi connectivity index (χ4n) is 2.83. The molecule has 0 aliphatic rings. The van der Waals surface area contributed by atoms with Gasteiger partial charge < -0.3 is 10.8 Å². The summed E-state index contributed by atoms with van der Waals surface area (Å²) in [7, 11) is 0. The highest BCUT2D eigenvalue weighted by molar-refractivity contribution is 5.90. The molecule has 3 N–H and O–H groups in total. The predicted molar refractivity (Wildman–Crippen MR) is 92.6 cm³/mol. The van der Waals surface area contributed by atoms with Crippen LogP contribution in [0.15, 0.2) is 66.7 Å². The predicted octanol–water partition coefficient (Wildman–Crippen LogP) is 3.40. The van der Waals surface area contributed by atoms with Crippen LogP contribution in [0.3, 0.4) is 0 Å². The van der Waals surface area contributed by atoms with Gasteiger partial charge in [0.15, 0.2) is 0 Å². The first-order chi connectivity index (χ1) is 11.2. The van der Waals surface area contributed by atoms with Crippen LogP contribution < -0.4 is 5.73 Å². The second-order valence-corrected chi connectivity index (χ2v) is 5.70. The summed E-state index contributed by atoms with van der Waals surface area (Å²) in [6.07, 6.45) is 0.355. The van der Waals surface area contributed by atoms with Crippen molar-refractivity contribution in [3.05, 3.63) is 77.9 Å². The third kappa shape index (κ3) is 3.41. The number of rotatable bonds is 5. The highest BCUT2D eigenvalue weighted by Gasteiger charge is 2.19. The molecule has 3 nitrogen and oxygen atoms in total. The van der Waals surface area contributed by atoms with E-state index in [0.717, 1.165) is 21.9 Å². The van der Waals surface area contributed by atoms with E-state index in [1.54, 1.807) is 24.3 Å². The number of phenolic OH excluding ortho intramolecular Hbond substituents is 1. The minimum Gasteiger partial charge on any atom is -0.508 e. The Hall–Kier alpha value is -2.65. The number of hydrogen-bond donors (Lipinski definition) is 2. The van der Waals surface area contributed by atoms with Crippen LogP contribution >= 0.6 is 0 Å². The number of carbonyl (C=O) groups excluding carboxylic acids is 1. The Labute approximate surface area is 135 Å². The fraction of sp³-hybridized carbons (Fsp3) is 0.150. The van der Waals surface area contributed by atoms with E-state index in [2.05, 4.69) is 12.1 Å². The summed E-state index contributed by atoms with van der Waals surface area (Å²) in [5.74, 6) is -0.0676. The number of ketones is 1. The molecule has 0 aliphatic heterocycles. The number of fused-ring (bicyclic) bond motifs is 1. The van der Waals surface area contributed by atoms with Crippen molar-refractivity contribution >= 4 is 16.6 Å². The topological polar surface area (TPSA) is 63.3 Å². The van der Waals surface area contributed by atoms with Crippen molar-refractivity contribution in [1.29, 1.82) is 0 Å². The highest BCUT2D eigenvalue weighted by Crippen LogP contribution is 2.22. The molecule has 1 unspecified atom stereocenters. The van der Waals surface area contributed by atoms with Gasteiger partial charge in [-0.1, -0.05) is 54.6 Å². The van der Waals surface area contributed by atoms with Crippen molar-refractivity contribution in [1.82, 2.24) is 0 Å². The molecule has 3 aromatic rings. The minimum absolute atomic E-state index is 0.0912. The van der Waals surface area contributed by atoms with E-state index in [-0.39, 0.29) is 24.0 Å². The van der Waals surface area contributed by atoms with Crippen LogP contribution in [0.2, 0.25) is 0 Å². The van der Waals surface area contributed by atoms with Crippen LogP contribution in [0, 0.1) is 0 Å². The van der Waals surface area contributed by atoms with Gasteiger partial charge in [-0.3, -0.25) is 4.79 Å². The molecule has 3 rings (SSSR count). The van der Waals surface area contributed by atoms with Crippen LogP contribution in [-0.4, -0.2) is 17.4 Å². The standard InChI is InChI=1S/C20H19NO2/c21-13-19(16-7-9-18(22)10-8-16)20(23)12-14-5-6-15-3-1-2-4-17(15)11-14/h1-11,19,22H,12-13,21H2. The van der Waals surface area contributed by atoms with E-state index < -0.39 is 0 Å². The van der Waals surface area contributed by atoms with Crippen molar-refractivity contribution in [2.24, 2.45) is 5.73 Å². The van der Waals surface area contributed by atoms with Crippen molar-refractivity contribution in [2.75, 3.05) is 6.54 Å². The first kappa shape index (κ1) is 15.3. The van der Waals surface area contributed by atoms with Gasteiger partial charge in [0.25, 0.3) is 0 Å². The number of phenols is 1. The van der Waals surface area contributed by atoms with Gasteiger partial charge in [0.1, 0.15) is 11.5 Å². The maximum atomic E-state index is 12.6. The van der Waals surface area contributed by atoms with Crippen LogP contribution in [-0.2, 0) is 11.2 Å². The normalized spacial score (nSPS) is 12.2. The first-order valence-electron chi connectivity index (χ1n) is 7.67. The maximum absolute atomic E-state index is 12.6. The van der Waals surface area contributed by atoms with Crippen LogP contribution in [0.25, 0.3) is 10.8 Å². The Balaban J connectivity index is 1.81. The second kappa shape index (κ2) is 6.63. The van der Waals surface area contributed by atoms with Gasteiger partial charge in [-0.2, -0.15) is 0 Å². The summed E-state index contributed by atoms with van der Waals surface area (Å²) in [5.41, 5.74) is 7.64. The van der Waals surface area contributed by atoms with E-state index in [9.17, 15) is 9.90 Å². The molecule has 0 radical (unpaired) electrons. The maximum Gasteiger partial charge on any atom is 0.145 e. The summed E-state index contributed by atoms with van der Waals surface area (Å²) >= 11 is 0. The zero-order valence-electron chi connectivity index (χ0n) is 12.8. The Kier molecular flexibility index (Phi) is 4.40. The van der Waals surface area contributed by atoms with Crippen molar-refractivity contribution in [3.8, 4) is 5.75 Å². The van der Waals surface area contributed by atoms with E-state index in [1.807, 2.05) is 30.3 Å². The summed E-state index contributed by atoms with van der Waals surface area (Å²) in [5, 5.41) is 11.7. The molecule has 0 spiro atoms. The van der Waals surface area contributed by atoms with E-state index in [4.69, 9.17) is 5.73 Å². The van der Waals surface area contributed by atoms with E-state index in [1.165, 1.54) is 0 Å². The largest absolute Gasteiger partial charge is 0.508 e. The van der Waals surface area contributed by atoms with Gasteiger partial charge in [-0.05, 0) is 34.0 Å². The van der Waals surface area contributed by atoms with Gasteiger partial charge in [0.2, 0.25) is 0 Å². The van der Waals surface area contributed by atoms with Crippen LogP contribution in [0.4, 0.5) is 0 Å². The molecule has 0 amide bonds. The molecular weight excluding hydrogens is 286 g/mol. The molecule has 0 saturated carbocycles. The zero-order valence-corrected chi connectivity index (χ0v) is 12.8. The Bertz CT molecular complexity index is 824. The van der Waals surface area contributed by atoms with Crippen LogP contribution in [0.1, 0.15) is 17.0 Å². The second-order valence-electron chi connectivity index (χ2n) is 5.70. The van der Waals surface area contributed by atoms with E-state index in [0.29, 0.717) is 6.42 Å². The molecule has 0 saturated heterocycles. The Morgan fingerprint density at radius 1 is 0.957 bits per heavy atom. The Morgan fingerprint density at radius 3 is 2.35 bits per heavy atom. The quantitative estimate of drug-likeness (QED) is 0.759. The van der Waals surface area contributed by atoms with Gasteiger partial charge in [-0.15, -0.1) is 0 Å². The molecule has 0 bridgehead atoms. The number of benzene rings is 3. The fourth-order valence-corrected chi connectivity index (χ4v) is 2.83. The molecule has 0 fully saturated rings. The smallest absolute Gasteiger partial charge is 0.145 e. The summed E-state index contributed by atoms with van der Waals surface area (Å²) in [6.45, 7) is 0.261. The average molecular weight is 305 g/mol. The van der Waals surface area contributed by atoms with Gasteiger partial charge >= 0.3 is 0 Å². The lowest BCUT2D eigenvalue weighted by Gasteiger charge is -2.14. The molecule has 23 heavy (non-hydrogen) atoms. The summed E-state index contributed by atoms with van der Waals surface area (Å²) in [6, 6.07) is 20.9.